The molecule has 3 rings (SSSR count). The van der Waals surface area contributed by atoms with E-state index in [2.05, 4.69) is 56.3 Å². The molecule has 0 atom stereocenters. The second-order valence-corrected chi connectivity index (χ2v) is 5.44. The summed E-state index contributed by atoms with van der Waals surface area (Å²) < 4.78 is 2.04. The Balaban J connectivity index is 2.07. The number of hydrogen-bond donors (Lipinski definition) is 2. The van der Waals surface area contributed by atoms with Gasteiger partial charge in [0.1, 0.15) is 18.5 Å². The van der Waals surface area contributed by atoms with E-state index < -0.39 is 0 Å². The number of hydrogen-bond acceptors (Lipinski definition) is 7. The Kier molecular flexibility index (Phi) is 4.31. The molecule has 8 nitrogen and oxygen atoms in total. The second-order valence-electron chi connectivity index (χ2n) is 5.44. The molecule has 3 aromatic heterocycles. The van der Waals surface area contributed by atoms with Crippen LogP contribution in [0.1, 0.15) is 33.2 Å². The SMILES string of the molecule is CCCNc1ncnc2c1nc(Nc1ccncn1)n2C(C)C. The zero-order chi connectivity index (χ0) is 16.2. The summed E-state index contributed by atoms with van der Waals surface area (Å²) in [6.45, 7) is 7.14. The fourth-order valence-electron chi connectivity index (χ4n) is 2.34. The summed E-state index contributed by atoms with van der Waals surface area (Å²) in [5.41, 5.74) is 1.55. The van der Waals surface area contributed by atoms with Crippen LogP contribution in [-0.4, -0.2) is 36.0 Å². The number of nitrogens with zero attached hydrogens (tertiary/aromatic N) is 6. The summed E-state index contributed by atoms with van der Waals surface area (Å²) in [6, 6.07) is 1.99. The third-order valence-electron chi connectivity index (χ3n) is 3.36. The van der Waals surface area contributed by atoms with Crippen LogP contribution in [0.25, 0.3) is 11.2 Å². The van der Waals surface area contributed by atoms with E-state index in [0.717, 1.165) is 29.9 Å². The molecule has 120 valence electrons. The molecule has 0 unspecified atom stereocenters. The summed E-state index contributed by atoms with van der Waals surface area (Å²) in [4.78, 5) is 21.5. The highest BCUT2D eigenvalue weighted by atomic mass is 15.3. The minimum atomic E-state index is 0.193. The molecular formula is C15H20N8. The molecule has 0 aromatic carbocycles. The molecule has 0 fully saturated rings. The molecule has 0 radical (unpaired) electrons. The predicted molar refractivity (Wildman–Crippen MR) is 89.8 cm³/mol. The Bertz CT molecular complexity index is 781. The maximum Gasteiger partial charge on any atom is 0.211 e. The van der Waals surface area contributed by atoms with Crippen molar-refractivity contribution in [2.24, 2.45) is 0 Å². The van der Waals surface area contributed by atoms with E-state index in [0.29, 0.717) is 11.8 Å². The van der Waals surface area contributed by atoms with Crippen molar-refractivity contribution in [3.05, 3.63) is 24.9 Å². The zero-order valence-corrected chi connectivity index (χ0v) is 13.5. The highest BCUT2D eigenvalue weighted by molar-refractivity contribution is 5.85. The zero-order valence-electron chi connectivity index (χ0n) is 13.5. The maximum absolute atomic E-state index is 4.69. The first-order valence-electron chi connectivity index (χ1n) is 7.70. The van der Waals surface area contributed by atoms with Gasteiger partial charge >= 0.3 is 0 Å². The number of anilines is 3. The first-order chi connectivity index (χ1) is 11.2. The van der Waals surface area contributed by atoms with Gasteiger partial charge in [0.2, 0.25) is 5.95 Å². The standard InChI is InChI=1S/C15H20N8/c1-4-6-17-13-12-14(20-9-19-13)23(10(2)3)15(22-12)21-11-5-7-16-8-18-11/h5,7-10H,4,6H2,1-3H3,(H,17,19,20)(H,16,18,21,22). The van der Waals surface area contributed by atoms with Crippen molar-refractivity contribution < 1.29 is 0 Å². The Hall–Kier alpha value is -2.77. The number of imidazole rings is 1. The topological polar surface area (TPSA) is 93.4 Å². The summed E-state index contributed by atoms with van der Waals surface area (Å²) in [5.74, 6) is 2.13. The average Bonchev–Trinajstić information content (AvgIpc) is 2.92. The van der Waals surface area contributed by atoms with E-state index in [-0.39, 0.29) is 6.04 Å². The fraction of sp³-hybridized carbons (Fsp3) is 0.400. The van der Waals surface area contributed by atoms with Crippen LogP contribution in [0.3, 0.4) is 0 Å². The maximum atomic E-state index is 4.69. The smallest absolute Gasteiger partial charge is 0.211 e. The number of aromatic nitrogens is 6. The lowest BCUT2D eigenvalue weighted by molar-refractivity contribution is 0.620. The third-order valence-corrected chi connectivity index (χ3v) is 3.36. The molecule has 0 aliphatic heterocycles. The molecule has 0 saturated heterocycles. The number of fused-ring (bicyclic) bond motifs is 1. The average molecular weight is 312 g/mol. The van der Waals surface area contributed by atoms with E-state index in [1.807, 2.05) is 4.57 Å². The first-order valence-corrected chi connectivity index (χ1v) is 7.70. The highest BCUT2D eigenvalue weighted by Crippen LogP contribution is 2.27. The van der Waals surface area contributed by atoms with E-state index in [1.54, 1.807) is 18.6 Å². The van der Waals surface area contributed by atoms with Crippen molar-refractivity contribution in [2.75, 3.05) is 17.2 Å². The molecule has 0 aliphatic rings. The van der Waals surface area contributed by atoms with Gasteiger partial charge in [-0.25, -0.2) is 24.9 Å². The summed E-state index contributed by atoms with van der Waals surface area (Å²) in [6.07, 6.45) is 5.77. The minimum absolute atomic E-state index is 0.193. The molecular weight excluding hydrogens is 292 g/mol. The van der Waals surface area contributed by atoms with Crippen LogP contribution >= 0.6 is 0 Å². The van der Waals surface area contributed by atoms with E-state index in [9.17, 15) is 0 Å². The van der Waals surface area contributed by atoms with E-state index >= 15 is 0 Å². The van der Waals surface area contributed by atoms with Crippen molar-refractivity contribution in [2.45, 2.75) is 33.2 Å². The molecule has 23 heavy (non-hydrogen) atoms. The summed E-state index contributed by atoms with van der Waals surface area (Å²) in [5, 5.41) is 6.53. The molecule has 0 saturated carbocycles. The molecule has 2 N–H and O–H groups in total. The van der Waals surface area contributed by atoms with Crippen LogP contribution in [0.4, 0.5) is 17.6 Å². The van der Waals surface area contributed by atoms with Gasteiger partial charge in [0, 0.05) is 18.8 Å². The van der Waals surface area contributed by atoms with Crippen LogP contribution in [0.15, 0.2) is 24.9 Å². The van der Waals surface area contributed by atoms with Gasteiger partial charge < -0.3 is 10.6 Å². The highest BCUT2D eigenvalue weighted by Gasteiger charge is 2.18. The lowest BCUT2D eigenvalue weighted by atomic mass is 10.4. The Morgan fingerprint density at radius 3 is 2.74 bits per heavy atom. The van der Waals surface area contributed by atoms with Crippen LogP contribution in [-0.2, 0) is 0 Å². The fourth-order valence-corrected chi connectivity index (χ4v) is 2.34. The minimum Gasteiger partial charge on any atom is -0.368 e. The molecule has 3 heterocycles. The van der Waals surface area contributed by atoms with Gasteiger partial charge in [0.15, 0.2) is 17.0 Å². The third kappa shape index (κ3) is 3.05. The van der Waals surface area contributed by atoms with Gasteiger partial charge in [-0.05, 0) is 26.3 Å². The van der Waals surface area contributed by atoms with E-state index in [4.69, 9.17) is 0 Å². The van der Waals surface area contributed by atoms with Gasteiger partial charge in [-0.1, -0.05) is 6.92 Å². The Morgan fingerprint density at radius 1 is 1.17 bits per heavy atom. The Morgan fingerprint density at radius 2 is 2.04 bits per heavy atom. The largest absolute Gasteiger partial charge is 0.368 e. The molecule has 0 bridgehead atoms. The van der Waals surface area contributed by atoms with Crippen LogP contribution in [0.2, 0.25) is 0 Å². The number of rotatable bonds is 6. The quantitative estimate of drug-likeness (QED) is 0.722. The van der Waals surface area contributed by atoms with Crippen molar-refractivity contribution >= 4 is 28.7 Å². The molecule has 0 spiro atoms. The lowest BCUT2D eigenvalue weighted by Gasteiger charge is -2.12. The Labute approximate surface area is 134 Å². The lowest BCUT2D eigenvalue weighted by Crippen LogP contribution is -2.07. The van der Waals surface area contributed by atoms with Gasteiger partial charge in [-0.3, -0.25) is 4.57 Å². The molecule has 8 heteroatoms. The van der Waals surface area contributed by atoms with Gasteiger partial charge in [0.25, 0.3) is 0 Å². The van der Waals surface area contributed by atoms with Crippen LogP contribution in [0, 0.1) is 0 Å². The van der Waals surface area contributed by atoms with Gasteiger partial charge in [0.05, 0.1) is 0 Å². The van der Waals surface area contributed by atoms with Crippen molar-refractivity contribution in [1.82, 2.24) is 29.5 Å². The molecule has 0 amide bonds. The summed E-state index contributed by atoms with van der Waals surface area (Å²) in [7, 11) is 0. The van der Waals surface area contributed by atoms with E-state index in [1.165, 1.54) is 6.33 Å². The molecule has 0 aliphatic carbocycles. The van der Waals surface area contributed by atoms with Gasteiger partial charge in [-0.15, -0.1) is 0 Å². The molecule has 3 aromatic rings. The first kappa shape index (κ1) is 15.1. The van der Waals surface area contributed by atoms with Gasteiger partial charge in [-0.2, -0.15) is 0 Å². The number of nitrogens with one attached hydrogen (secondary N) is 2. The van der Waals surface area contributed by atoms with Crippen molar-refractivity contribution in [3.8, 4) is 0 Å². The summed E-state index contributed by atoms with van der Waals surface area (Å²) >= 11 is 0. The van der Waals surface area contributed by atoms with Crippen LogP contribution in [0.5, 0.6) is 0 Å². The van der Waals surface area contributed by atoms with Crippen molar-refractivity contribution in [3.63, 3.8) is 0 Å². The second kappa shape index (κ2) is 6.55. The predicted octanol–water partition coefficient (Wildman–Crippen LogP) is 2.76. The normalized spacial score (nSPS) is 11.1. The van der Waals surface area contributed by atoms with Crippen LogP contribution < -0.4 is 10.6 Å². The van der Waals surface area contributed by atoms with Crippen molar-refractivity contribution in [1.29, 1.82) is 0 Å². The monoisotopic (exact) mass is 312 g/mol.